The number of amides is 1. The van der Waals surface area contributed by atoms with Crippen LogP contribution in [0.15, 0.2) is 76.8 Å². The van der Waals surface area contributed by atoms with E-state index >= 15 is 0 Å². The van der Waals surface area contributed by atoms with Crippen molar-refractivity contribution in [3.63, 3.8) is 0 Å². The highest BCUT2D eigenvalue weighted by Crippen LogP contribution is 2.33. The van der Waals surface area contributed by atoms with Crippen LogP contribution in [0.25, 0.3) is 6.08 Å². The van der Waals surface area contributed by atoms with E-state index in [4.69, 9.17) is 16.3 Å². The summed E-state index contributed by atoms with van der Waals surface area (Å²) in [6, 6.07) is 22.2. The zero-order valence-corrected chi connectivity index (χ0v) is 18.5. The Balaban J connectivity index is 1.90. The van der Waals surface area contributed by atoms with E-state index < -0.39 is 5.91 Å². The highest BCUT2D eigenvalue weighted by Gasteiger charge is 2.14. The average Bonchev–Trinajstić information content (AvgIpc) is 2.75. The Labute approximate surface area is 188 Å². The quantitative estimate of drug-likeness (QED) is 0.334. The largest absolute Gasteiger partial charge is 0.496 e. The number of carbonyl (C=O) groups excluding carboxylic acids is 1. The van der Waals surface area contributed by atoms with Gasteiger partial charge in [-0.05, 0) is 47.5 Å². The number of hydrogen-bond acceptors (Lipinski definition) is 3. The first-order valence-electron chi connectivity index (χ1n) is 9.10. The molecule has 30 heavy (non-hydrogen) atoms. The third-order valence-electron chi connectivity index (χ3n) is 4.43. The second-order valence-corrected chi connectivity index (χ2v) is 7.70. The summed E-state index contributed by atoms with van der Waals surface area (Å²) in [5.74, 6) is 0.162. The van der Waals surface area contributed by atoms with E-state index in [0.717, 1.165) is 15.6 Å². The second kappa shape index (κ2) is 10.1. The fourth-order valence-corrected chi connectivity index (χ4v) is 3.74. The molecule has 0 aromatic heterocycles. The molecule has 3 rings (SSSR count). The standard InChI is InChI=1S/C24H18BrClN2O2/c1-30-23-13-16(11-18(15-27)24(29)28-19-8-3-2-4-9-19)12-21(25)20(23)14-17-7-5-6-10-22(17)26/h2-13H,14H2,1H3,(H,28,29)/b18-11+. The number of halogens is 2. The smallest absolute Gasteiger partial charge is 0.266 e. The molecule has 150 valence electrons. The molecule has 0 unspecified atom stereocenters. The maximum Gasteiger partial charge on any atom is 0.266 e. The van der Waals surface area contributed by atoms with Gasteiger partial charge in [-0.25, -0.2) is 0 Å². The number of ether oxygens (including phenoxy) is 1. The van der Waals surface area contributed by atoms with Crippen molar-refractivity contribution in [1.29, 1.82) is 5.26 Å². The van der Waals surface area contributed by atoms with Gasteiger partial charge in [-0.1, -0.05) is 63.9 Å². The zero-order chi connectivity index (χ0) is 21.5. The first-order valence-corrected chi connectivity index (χ1v) is 10.3. The molecular weight excluding hydrogens is 464 g/mol. The van der Waals surface area contributed by atoms with Gasteiger partial charge in [0, 0.05) is 27.2 Å². The van der Waals surface area contributed by atoms with Crippen molar-refractivity contribution < 1.29 is 9.53 Å². The molecular formula is C24H18BrClN2O2. The molecule has 0 atom stereocenters. The lowest BCUT2D eigenvalue weighted by Gasteiger charge is -2.13. The van der Waals surface area contributed by atoms with Crippen LogP contribution in [0.5, 0.6) is 5.75 Å². The van der Waals surface area contributed by atoms with Gasteiger partial charge in [-0.15, -0.1) is 0 Å². The van der Waals surface area contributed by atoms with Crippen LogP contribution >= 0.6 is 27.5 Å². The number of anilines is 1. The molecule has 0 aliphatic rings. The van der Waals surface area contributed by atoms with Crippen molar-refractivity contribution in [1.82, 2.24) is 0 Å². The van der Waals surface area contributed by atoms with E-state index in [9.17, 15) is 10.1 Å². The lowest BCUT2D eigenvalue weighted by atomic mass is 10.0. The molecule has 0 bridgehead atoms. The van der Waals surface area contributed by atoms with E-state index in [2.05, 4.69) is 21.2 Å². The summed E-state index contributed by atoms with van der Waals surface area (Å²) >= 11 is 9.88. The van der Waals surface area contributed by atoms with Gasteiger partial charge in [0.2, 0.25) is 0 Å². The van der Waals surface area contributed by atoms with Gasteiger partial charge in [0.15, 0.2) is 0 Å². The molecule has 6 heteroatoms. The highest BCUT2D eigenvalue weighted by molar-refractivity contribution is 9.10. The summed E-state index contributed by atoms with van der Waals surface area (Å²) < 4.78 is 6.36. The van der Waals surface area contributed by atoms with Crippen molar-refractivity contribution in [2.75, 3.05) is 12.4 Å². The fraction of sp³-hybridized carbons (Fsp3) is 0.0833. The molecule has 0 spiro atoms. The Morgan fingerprint density at radius 2 is 1.87 bits per heavy atom. The molecule has 1 amide bonds. The molecule has 1 N–H and O–H groups in total. The monoisotopic (exact) mass is 480 g/mol. The zero-order valence-electron chi connectivity index (χ0n) is 16.2. The summed E-state index contributed by atoms with van der Waals surface area (Å²) in [5, 5.41) is 12.9. The van der Waals surface area contributed by atoms with Gasteiger partial charge in [0.1, 0.15) is 17.4 Å². The van der Waals surface area contributed by atoms with Crippen LogP contribution in [0.4, 0.5) is 5.69 Å². The normalized spacial score (nSPS) is 10.9. The first-order chi connectivity index (χ1) is 14.5. The predicted octanol–water partition coefficient (Wildman–Crippen LogP) is 6.25. The van der Waals surface area contributed by atoms with Gasteiger partial charge in [-0.2, -0.15) is 5.26 Å². The minimum absolute atomic E-state index is 0.00772. The number of methoxy groups -OCH3 is 1. The number of carbonyl (C=O) groups is 1. The maximum atomic E-state index is 12.5. The number of nitrogens with zero attached hydrogens (tertiary/aromatic N) is 1. The Morgan fingerprint density at radius 1 is 1.17 bits per heavy atom. The number of benzene rings is 3. The molecule has 0 radical (unpaired) electrons. The Morgan fingerprint density at radius 3 is 2.53 bits per heavy atom. The molecule has 4 nitrogen and oxygen atoms in total. The SMILES string of the molecule is COc1cc(/C=C(\C#N)C(=O)Nc2ccccc2)cc(Br)c1Cc1ccccc1Cl. The Hall–Kier alpha value is -3.07. The summed E-state index contributed by atoms with van der Waals surface area (Å²) in [4.78, 5) is 12.5. The lowest BCUT2D eigenvalue weighted by molar-refractivity contribution is -0.112. The second-order valence-electron chi connectivity index (χ2n) is 6.44. The third kappa shape index (κ3) is 5.29. The van der Waals surface area contributed by atoms with Gasteiger partial charge in [0.05, 0.1) is 7.11 Å². The van der Waals surface area contributed by atoms with Crippen LogP contribution in [0.3, 0.4) is 0 Å². The van der Waals surface area contributed by atoms with E-state index in [1.807, 2.05) is 54.6 Å². The lowest BCUT2D eigenvalue weighted by Crippen LogP contribution is -2.13. The number of para-hydroxylation sites is 1. The van der Waals surface area contributed by atoms with Gasteiger partial charge < -0.3 is 10.1 Å². The van der Waals surface area contributed by atoms with E-state index in [1.165, 1.54) is 6.08 Å². The Kier molecular flexibility index (Phi) is 7.29. The molecule has 0 saturated heterocycles. The third-order valence-corrected chi connectivity index (χ3v) is 5.51. The topological polar surface area (TPSA) is 62.1 Å². The fourth-order valence-electron chi connectivity index (χ4n) is 2.94. The predicted molar refractivity (Wildman–Crippen MR) is 124 cm³/mol. The molecule has 0 aliphatic carbocycles. The van der Waals surface area contributed by atoms with Crippen molar-refractivity contribution in [3.05, 3.63) is 98.5 Å². The highest BCUT2D eigenvalue weighted by atomic mass is 79.9. The van der Waals surface area contributed by atoms with Gasteiger partial charge in [-0.3, -0.25) is 4.79 Å². The van der Waals surface area contributed by atoms with Gasteiger partial charge in [0.25, 0.3) is 5.91 Å². The maximum absolute atomic E-state index is 12.5. The average molecular weight is 482 g/mol. The molecule has 3 aromatic rings. The van der Waals surface area contributed by atoms with Crippen LogP contribution < -0.4 is 10.1 Å². The summed E-state index contributed by atoms with van der Waals surface area (Å²) in [6.07, 6.45) is 2.11. The van der Waals surface area contributed by atoms with Crippen molar-refractivity contribution >= 4 is 45.2 Å². The van der Waals surface area contributed by atoms with Crippen molar-refractivity contribution in [2.24, 2.45) is 0 Å². The van der Waals surface area contributed by atoms with Crippen LogP contribution in [0.2, 0.25) is 5.02 Å². The minimum Gasteiger partial charge on any atom is -0.496 e. The Bertz CT molecular complexity index is 1140. The van der Waals surface area contributed by atoms with Crippen molar-refractivity contribution in [3.8, 4) is 11.8 Å². The molecule has 0 heterocycles. The molecule has 0 saturated carbocycles. The van der Waals surface area contributed by atoms with Crippen LogP contribution in [0, 0.1) is 11.3 Å². The number of hydrogen-bond donors (Lipinski definition) is 1. The van der Waals surface area contributed by atoms with E-state index in [-0.39, 0.29) is 5.57 Å². The minimum atomic E-state index is -0.473. The number of nitrogens with one attached hydrogen (secondary N) is 1. The van der Waals surface area contributed by atoms with Crippen LogP contribution in [0.1, 0.15) is 16.7 Å². The number of nitriles is 1. The van der Waals surface area contributed by atoms with Crippen LogP contribution in [-0.2, 0) is 11.2 Å². The molecule has 3 aromatic carbocycles. The van der Waals surface area contributed by atoms with E-state index in [1.54, 1.807) is 25.3 Å². The first kappa shape index (κ1) is 21.6. The van der Waals surface area contributed by atoms with Crippen LogP contribution in [-0.4, -0.2) is 13.0 Å². The summed E-state index contributed by atoms with van der Waals surface area (Å²) in [6.45, 7) is 0. The molecule has 0 fully saturated rings. The number of rotatable bonds is 6. The molecule has 0 aliphatic heterocycles. The summed E-state index contributed by atoms with van der Waals surface area (Å²) in [5.41, 5.74) is 3.18. The van der Waals surface area contributed by atoms with Gasteiger partial charge >= 0.3 is 0 Å². The summed E-state index contributed by atoms with van der Waals surface area (Å²) in [7, 11) is 1.58. The van der Waals surface area contributed by atoms with E-state index in [0.29, 0.717) is 28.4 Å². The van der Waals surface area contributed by atoms with Crippen molar-refractivity contribution in [2.45, 2.75) is 6.42 Å².